The third-order valence-electron chi connectivity index (χ3n) is 2.16. The van der Waals surface area contributed by atoms with Crippen molar-refractivity contribution in [2.75, 3.05) is 26.2 Å². The number of β-amino-alcohol motifs (C(OH)–C–C–N with tert-alkyl or cyclic N) is 1. The van der Waals surface area contributed by atoms with Crippen molar-refractivity contribution >= 4 is 0 Å². The van der Waals surface area contributed by atoms with Crippen molar-refractivity contribution in [1.82, 2.24) is 4.90 Å². The summed E-state index contributed by atoms with van der Waals surface area (Å²) in [7, 11) is 0. The lowest BCUT2D eigenvalue weighted by atomic mass is 10.0. The Morgan fingerprint density at radius 2 is 2.40 bits per heavy atom. The van der Waals surface area contributed by atoms with Crippen LogP contribution in [0.15, 0.2) is 0 Å². The smallest absolute Gasteiger partial charge is 0.0558 e. The highest BCUT2D eigenvalue weighted by Crippen LogP contribution is 2.14. The highest BCUT2D eigenvalue weighted by Gasteiger charge is 2.14. The van der Waals surface area contributed by atoms with Crippen molar-refractivity contribution < 1.29 is 5.11 Å². The molecule has 1 fully saturated rings. The molecule has 0 bridgehead atoms. The van der Waals surface area contributed by atoms with Gasteiger partial charge in [0.1, 0.15) is 0 Å². The summed E-state index contributed by atoms with van der Waals surface area (Å²) in [5, 5.41) is 8.66. The van der Waals surface area contributed by atoms with E-state index in [0.717, 1.165) is 12.5 Å². The van der Waals surface area contributed by atoms with Gasteiger partial charge >= 0.3 is 0 Å². The zero-order chi connectivity index (χ0) is 7.40. The van der Waals surface area contributed by atoms with Gasteiger partial charge in [0.15, 0.2) is 0 Å². The maximum atomic E-state index is 8.66. The molecule has 1 rings (SSSR count). The lowest BCUT2D eigenvalue weighted by Gasteiger charge is -2.29. The second-order valence-electron chi connectivity index (χ2n) is 3.27. The molecule has 1 saturated heterocycles. The van der Waals surface area contributed by atoms with Gasteiger partial charge in [-0.05, 0) is 25.3 Å². The molecule has 1 aliphatic heterocycles. The number of piperidine rings is 1. The first-order valence-corrected chi connectivity index (χ1v) is 4.16. The molecule has 0 unspecified atom stereocenters. The van der Waals surface area contributed by atoms with E-state index >= 15 is 0 Å². The molecule has 2 heteroatoms. The van der Waals surface area contributed by atoms with Crippen molar-refractivity contribution in [2.45, 2.75) is 19.8 Å². The lowest BCUT2D eigenvalue weighted by molar-refractivity contribution is 0.146. The zero-order valence-corrected chi connectivity index (χ0v) is 6.71. The predicted octanol–water partition coefficient (Wildman–Crippen LogP) is 0.711. The second-order valence-corrected chi connectivity index (χ2v) is 3.27. The Hall–Kier alpha value is -0.0800. The van der Waals surface area contributed by atoms with Crippen LogP contribution < -0.4 is 0 Å². The van der Waals surface area contributed by atoms with E-state index in [-0.39, 0.29) is 0 Å². The Bertz CT molecular complexity index is 93.3. The molecule has 1 N–H and O–H groups in total. The van der Waals surface area contributed by atoms with E-state index in [9.17, 15) is 0 Å². The third kappa shape index (κ3) is 2.27. The van der Waals surface area contributed by atoms with Gasteiger partial charge in [0.05, 0.1) is 6.61 Å². The van der Waals surface area contributed by atoms with Gasteiger partial charge in [-0.15, -0.1) is 0 Å². The van der Waals surface area contributed by atoms with Crippen LogP contribution in [0.2, 0.25) is 0 Å². The van der Waals surface area contributed by atoms with Gasteiger partial charge in [0.2, 0.25) is 0 Å². The summed E-state index contributed by atoms with van der Waals surface area (Å²) < 4.78 is 0. The average Bonchev–Trinajstić information content (AvgIpc) is 1.88. The summed E-state index contributed by atoms with van der Waals surface area (Å²) in [4.78, 5) is 2.34. The summed E-state index contributed by atoms with van der Waals surface area (Å²) in [5.74, 6) is 0.834. The SMILES string of the molecule is C[C@@H]1CCCN(CCO)C1. The topological polar surface area (TPSA) is 23.5 Å². The van der Waals surface area contributed by atoms with Crippen LogP contribution >= 0.6 is 0 Å². The van der Waals surface area contributed by atoms with Crippen molar-refractivity contribution in [3.8, 4) is 0 Å². The first-order valence-electron chi connectivity index (χ1n) is 4.16. The molecule has 10 heavy (non-hydrogen) atoms. The average molecular weight is 143 g/mol. The van der Waals surface area contributed by atoms with Gasteiger partial charge < -0.3 is 10.0 Å². The number of aliphatic hydroxyl groups excluding tert-OH is 1. The summed E-state index contributed by atoms with van der Waals surface area (Å²) in [5.41, 5.74) is 0. The fraction of sp³-hybridized carbons (Fsp3) is 1.00. The molecule has 1 atom stereocenters. The van der Waals surface area contributed by atoms with E-state index < -0.39 is 0 Å². The normalized spacial score (nSPS) is 28.8. The summed E-state index contributed by atoms with van der Waals surface area (Å²) in [6, 6.07) is 0. The maximum absolute atomic E-state index is 8.66. The van der Waals surface area contributed by atoms with Gasteiger partial charge in [0, 0.05) is 13.1 Å². The molecule has 0 radical (unpaired) electrons. The molecule has 60 valence electrons. The molecule has 0 aromatic heterocycles. The van der Waals surface area contributed by atoms with Crippen molar-refractivity contribution in [3.63, 3.8) is 0 Å². The molecule has 0 amide bonds. The van der Waals surface area contributed by atoms with Gasteiger partial charge in [-0.3, -0.25) is 0 Å². The van der Waals surface area contributed by atoms with Crippen LogP contribution in [0, 0.1) is 5.92 Å². The van der Waals surface area contributed by atoms with Gasteiger partial charge in [-0.1, -0.05) is 6.92 Å². The molecular formula is C8H17NO. The van der Waals surface area contributed by atoms with Crippen LogP contribution in [-0.4, -0.2) is 36.2 Å². The molecule has 0 aromatic rings. The monoisotopic (exact) mass is 143 g/mol. The number of rotatable bonds is 2. The van der Waals surface area contributed by atoms with Crippen molar-refractivity contribution in [2.24, 2.45) is 5.92 Å². The van der Waals surface area contributed by atoms with Crippen LogP contribution in [-0.2, 0) is 0 Å². The minimum absolute atomic E-state index is 0.312. The summed E-state index contributed by atoms with van der Waals surface area (Å²) in [6.07, 6.45) is 2.67. The molecule has 0 aromatic carbocycles. The van der Waals surface area contributed by atoms with Crippen LogP contribution in [0.5, 0.6) is 0 Å². The minimum atomic E-state index is 0.312. The number of aliphatic hydroxyl groups is 1. The van der Waals surface area contributed by atoms with E-state index in [1.54, 1.807) is 0 Å². The molecule has 1 aliphatic rings. The standard InChI is InChI=1S/C8H17NO/c1-8-3-2-4-9(7-8)5-6-10/h8,10H,2-7H2,1H3/t8-/m1/s1. The summed E-state index contributed by atoms with van der Waals surface area (Å²) in [6.45, 7) is 5.83. The number of likely N-dealkylation sites (tertiary alicyclic amines) is 1. The van der Waals surface area contributed by atoms with E-state index in [1.165, 1.54) is 25.9 Å². The molecule has 0 saturated carbocycles. The number of hydrogen-bond acceptors (Lipinski definition) is 2. The quantitative estimate of drug-likeness (QED) is 0.615. The van der Waals surface area contributed by atoms with Crippen LogP contribution in [0.4, 0.5) is 0 Å². The fourth-order valence-electron chi connectivity index (χ4n) is 1.63. The predicted molar refractivity (Wildman–Crippen MR) is 41.9 cm³/mol. The zero-order valence-electron chi connectivity index (χ0n) is 6.71. The highest BCUT2D eigenvalue weighted by molar-refractivity contribution is 4.68. The molecule has 1 heterocycles. The molecule has 2 nitrogen and oxygen atoms in total. The first-order chi connectivity index (χ1) is 4.83. The van der Waals surface area contributed by atoms with Crippen molar-refractivity contribution in [1.29, 1.82) is 0 Å². The van der Waals surface area contributed by atoms with E-state index in [0.29, 0.717) is 6.61 Å². The van der Waals surface area contributed by atoms with Gasteiger partial charge in [-0.25, -0.2) is 0 Å². The largest absolute Gasteiger partial charge is 0.395 e. The number of nitrogens with zero attached hydrogens (tertiary/aromatic N) is 1. The second kappa shape index (κ2) is 3.94. The van der Waals surface area contributed by atoms with Crippen LogP contribution in [0.3, 0.4) is 0 Å². The molecule has 0 spiro atoms. The fourth-order valence-corrected chi connectivity index (χ4v) is 1.63. The minimum Gasteiger partial charge on any atom is -0.395 e. The van der Waals surface area contributed by atoms with E-state index in [4.69, 9.17) is 5.11 Å². The number of hydrogen-bond donors (Lipinski definition) is 1. The highest BCUT2D eigenvalue weighted by atomic mass is 16.3. The van der Waals surface area contributed by atoms with Crippen molar-refractivity contribution in [3.05, 3.63) is 0 Å². The Morgan fingerprint density at radius 1 is 1.60 bits per heavy atom. The van der Waals surface area contributed by atoms with Crippen LogP contribution in [0.25, 0.3) is 0 Å². The van der Waals surface area contributed by atoms with Gasteiger partial charge in [0.25, 0.3) is 0 Å². The van der Waals surface area contributed by atoms with E-state index in [1.807, 2.05) is 0 Å². The third-order valence-corrected chi connectivity index (χ3v) is 2.16. The first kappa shape index (κ1) is 8.02. The van der Waals surface area contributed by atoms with E-state index in [2.05, 4.69) is 11.8 Å². The Morgan fingerprint density at radius 3 is 3.00 bits per heavy atom. The Labute approximate surface area is 62.8 Å². The van der Waals surface area contributed by atoms with Crippen LogP contribution in [0.1, 0.15) is 19.8 Å². The lowest BCUT2D eigenvalue weighted by Crippen LogP contribution is -2.36. The Kier molecular flexibility index (Phi) is 3.16. The maximum Gasteiger partial charge on any atom is 0.0558 e. The van der Waals surface area contributed by atoms with Gasteiger partial charge in [-0.2, -0.15) is 0 Å². The Balaban J connectivity index is 2.18. The summed E-state index contributed by atoms with van der Waals surface area (Å²) >= 11 is 0. The molecular weight excluding hydrogens is 126 g/mol. The molecule has 0 aliphatic carbocycles.